The predicted octanol–water partition coefficient (Wildman–Crippen LogP) is 3.42. The Labute approximate surface area is 179 Å². The summed E-state index contributed by atoms with van der Waals surface area (Å²) in [6.07, 6.45) is 5.34. The van der Waals surface area contributed by atoms with Crippen molar-refractivity contribution in [2.75, 3.05) is 33.8 Å². The van der Waals surface area contributed by atoms with Crippen LogP contribution in [0.1, 0.15) is 31.7 Å². The van der Waals surface area contributed by atoms with Gasteiger partial charge in [-0.25, -0.2) is 4.98 Å². The SMILES string of the molecule is CCCN1CCC(NC(=NC)NCc2ccc(Oc3cccc(OC)c3)nc2)CC1. The van der Waals surface area contributed by atoms with E-state index in [1.54, 1.807) is 7.11 Å². The van der Waals surface area contributed by atoms with Gasteiger partial charge in [-0.2, -0.15) is 0 Å². The maximum atomic E-state index is 5.80. The lowest BCUT2D eigenvalue weighted by atomic mass is 10.1. The molecule has 0 atom stereocenters. The largest absolute Gasteiger partial charge is 0.497 e. The number of hydrogen-bond acceptors (Lipinski definition) is 5. The van der Waals surface area contributed by atoms with Crippen LogP contribution in [0.2, 0.25) is 0 Å². The molecule has 7 nitrogen and oxygen atoms in total. The molecule has 1 aliphatic rings. The molecule has 162 valence electrons. The van der Waals surface area contributed by atoms with Crippen LogP contribution in [0.4, 0.5) is 0 Å². The second kappa shape index (κ2) is 11.4. The number of rotatable bonds is 8. The van der Waals surface area contributed by atoms with Crippen LogP contribution < -0.4 is 20.1 Å². The van der Waals surface area contributed by atoms with Crippen LogP contribution in [-0.2, 0) is 6.54 Å². The highest BCUT2D eigenvalue weighted by molar-refractivity contribution is 5.79. The van der Waals surface area contributed by atoms with E-state index in [4.69, 9.17) is 9.47 Å². The summed E-state index contributed by atoms with van der Waals surface area (Å²) in [7, 11) is 3.45. The van der Waals surface area contributed by atoms with E-state index in [0.717, 1.165) is 43.2 Å². The number of nitrogens with one attached hydrogen (secondary N) is 2. The van der Waals surface area contributed by atoms with Gasteiger partial charge in [0.2, 0.25) is 5.88 Å². The van der Waals surface area contributed by atoms with E-state index in [2.05, 4.69) is 32.4 Å². The zero-order valence-corrected chi connectivity index (χ0v) is 18.2. The first-order valence-corrected chi connectivity index (χ1v) is 10.7. The third kappa shape index (κ3) is 6.62. The van der Waals surface area contributed by atoms with Crippen LogP contribution in [0, 0.1) is 0 Å². The van der Waals surface area contributed by atoms with E-state index in [0.29, 0.717) is 24.2 Å². The van der Waals surface area contributed by atoms with Gasteiger partial charge in [0.25, 0.3) is 0 Å². The summed E-state index contributed by atoms with van der Waals surface area (Å²) in [5.41, 5.74) is 1.06. The van der Waals surface area contributed by atoms with Crippen LogP contribution in [0.25, 0.3) is 0 Å². The number of methoxy groups -OCH3 is 1. The van der Waals surface area contributed by atoms with Gasteiger partial charge in [0.05, 0.1) is 7.11 Å². The maximum absolute atomic E-state index is 5.80. The number of likely N-dealkylation sites (tertiary alicyclic amines) is 1. The van der Waals surface area contributed by atoms with Gasteiger partial charge in [0, 0.05) is 51.1 Å². The molecule has 7 heteroatoms. The predicted molar refractivity (Wildman–Crippen MR) is 120 cm³/mol. The molecule has 1 aliphatic heterocycles. The van der Waals surface area contributed by atoms with Gasteiger partial charge in [-0.05, 0) is 43.5 Å². The summed E-state index contributed by atoms with van der Waals surface area (Å²) in [6, 6.07) is 11.8. The minimum absolute atomic E-state index is 0.473. The number of nitrogens with zero attached hydrogens (tertiary/aromatic N) is 3. The average Bonchev–Trinajstić information content (AvgIpc) is 2.79. The lowest BCUT2D eigenvalue weighted by Gasteiger charge is -2.32. The van der Waals surface area contributed by atoms with Crippen molar-refractivity contribution in [3.05, 3.63) is 48.2 Å². The molecule has 0 bridgehead atoms. The molecule has 1 saturated heterocycles. The van der Waals surface area contributed by atoms with Gasteiger partial charge in [-0.1, -0.05) is 19.1 Å². The minimum Gasteiger partial charge on any atom is -0.497 e. The Bertz CT molecular complexity index is 801. The number of piperidine rings is 1. The first-order valence-electron chi connectivity index (χ1n) is 10.7. The van der Waals surface area contributed by atoms with Crippen molar-refractivity contribution < 1.29 is 9.47 Å². The van der Waals surface area contributed by atoms with Gasteiger partial charge in [0.15, 0.2) is 5.96 Å². The number of ether oxygens (including phenoxy) is 2. The lowest BCUT2D eigenvalue weighted by Crippen LogP contribution is -2.48. The van der Waals surface area contributed by atoms with Gasteiger partial charge in [-0.3, -0.25) is 4.99 Å². The second-order valence-corrected chi connectivity index (χ2v) is 7.47. The van der Waals surface area contributed by atoms with Gasteiger partial charge >= 0.3 is 0 Å². The normalized spacial score (nSPS) is 15.6. The highest BCUT2D eigenvalue weighted by atomic mass is 16.5. The van der Waals surface area contributed by atoms with Crippen molar-refractivity contribution in [2.24, 2.45) is 4.99 Å². The number of hydrogen-bond donors (Lipinski definition) is 2. The quantitative estimate of drug-likeness (QED) is 0.512. The maximum Gasteiger partial charge on any atom is 0.219 e. The number of aliphatic imine (C=N–C) groups is 1. The first-order chi connectivity index (χ1) is 14.7. The minimum atomic E-state index is 0.473. The topological polar surface area (TPSA) is 71.0 Å². The molecule has 0 aliphatic carbocycles. The van der Waals surface area contributed by atoms with Crippen LogP contribution in [0.15, 0.2) is 47.6 Å². The molecular weight excluding hydrogens is 378 g/mol. The highest BCUT2D eigenvalue weighted by Gasteiger charge is 2.19. The van der Waals surface area contributed by atoms with Crippen LogP contribution in [-0.4, -0.2) is 55.7 Å². The Morgan fingerprint density at radius 1 is 1.20 bits per heavy atom. The smallest absolute Gasteiger partial charge is 0.219 e. The Hall–Kier alpha value is -2.80. The molecule has 1 aromatic carbocycles. The Morgan fingerprint density at radius 2 is 2.00 bits per heavy atom. The zero-order chi connectivity index (χ0) is 21.2. The number of benzene rings is 1. The highest BCUT2D eigenvalue weighted by Crippen LogP contribution is 2.23. The van der Waals surface area contributed by atoms with Gasteiger partial charge < -0.3 is 25.0 Å². The average molecular weight is 412 g/mol. The van der Waals surface area contributed by atoms with Crippen molar-refractivity contribution >= 4 is 5.96 Å². The van der Waals surface area contributed by atoms with Crippen molar-refractivity contribution in [3.63, 3.8) is 0 Å². The fourth-order valence-electron chi connectivity index (χ4n) is 3.55. The van der Waals surface area contributed by atoms with E-state index in [1.807, 2.05) is 49.6 Å². The van der Waals surface area contributed by atoms with Crippen molar-refractivity contribution in [2.45, 2.75) is 38.8 Å². The number of pyridine rings is 1. The van der Waals surface area contributed by atoms with E-state index in [1.165, 1.54) is 13.0 Å². The van der Waals surface area contributed by atoms with E-state index < -0.39 is 0 Å². The molecule has 0 amide bonds. The summed E-state index contributed by atoms with van der Waals surface area (Å²) >= 11 is 0. The zero-order valence-electron chi connectivity index (χ0n) is 18.2. The molecular formula is C23H33N5O2. The van der Waals surface area contributed by atoms with E-state index >= 15 is 0 Å². The van der Waals surface area contributed by atoms with Crippen LogP contribution in [0.3, 0.4) is 0 Å². The lowest BCUT2D eigenvalue weighted by molar-refractivity contribution is 0.206. The molecule has 2 aromatic rings. The molecule has 30 heavy (non-hydrogen) atoms. The molecule has 2 heterocycles. The summed E-state index contributed by atoms with van der Waals surface area (Å²) in [6.45, 7) is 6.40. The molecule has 2 N–H and O–H groups in total. The molecule has 0 radical (unpaired) electrons. The van der Waals surface area contributed by atoms with Crippen LogP contribution in [0.5, 0.6) is 17.4 Å². The summed E-state index contributed by atoms with van der Waals surface area (Å²) in [5, 5.41) is 6.93. The molecule has 1 fully saturated rings. The van der Waals surface area contributed by atoms with Crippen molar-refractivity contribution in [1.29, 1.82) is 0 Å². The summed E-state index contributed by atoms with van der Waals surface area (Å²) in [5.74, 6) is 2.83. The molecule has 3 rings (SSSR count). The van der Waals surface area contributed by atoms with E-state index in [-0.39, 0.29) is 0 Å². The van der Waals surface area contributed by atoms with Gasteiger partial charge in [-0.15, -0.1) is 0 Å². The standard InChI is InChI=1S/C23H33N5O2/c1-4-12-28-13-10-19(11-14-28)27-23(24-2)26-17-18-8-9-22(25-16-18)30-21-7-5-6-20(15-21)29-3/h5-9,15-16,19H,4,10-14,17H2,1-3H3,(H2,24,26,27). The molecule has 0 unspecified atom stereocenters. The Kier molecular flexibility index (Phi) is 8.32. The summed E-state index contributed by atoms with van der Waals surface area (Å²) in [4.78, 5) is 11.3. The third-order valence-corrected chi connectivity index (χ3v) is 5.21. The van der Waals surface area contributed by atoms with Gasteiger partial charge in [0.1, 0.15) is 11.5 Å². The van der Waals surface area contributed by atoms with Crippen molar-refractivity contribution in [1.82, 2.24) is 20.5 Å². The second-order valence-electron chi connectivity index (χ2n) is 7.47. The number of aromatic nitrogens is 1. The summed E-state index contributed by atoms with van der Waals surface area (Å²) < 4.78 is 11.0. The van der Waals surface area contributed by atoms with Crippen LogP contribution >= 0.6 is 0 Å². The monoisotopic (exact) mass is 411 g/mol. The Morgan fingerprint density at radius 3 is 2.67 bits per heavy atom. The molecule has 1 aromatic heterocycles. The fraction of sp³-hybridized carbons (Fsp3) is 0.478. The van der Waals surface area contributed by atoms with Crippen molar-refractivity contribution in [3.8, 4) is 17.4 Å². The molecule has 0 spiro atoms. The third-order valence-electron chi connectivity index (χ3n) is 5.21. The Balaban J connectivity index is 1.45. The first kappa shape index (κ1) is 21.9. The van der Waals surface area contributed by atoms with E-state index in [9.17, 15) is 0 Å². The molecule has 0 saturated carbocycles. The fourth-order valence-corrected chi connectivity index (χ4v) is 3.55. The number of guanidine groups is 1.